The fourth-order valence-corrected chi connectivity index (χ4v) is 4.36. The number of imide groups is 1. The number of aryl methyl sites for hydroxylation is 1. The molecule has 3 aromatic carbocycles. The van der Waals surface area contributed by atoms with E-state index in [1.165, 1.54) is 22.6 Å². The number of hydrogen-bond acceptors (Lipinski definition) is 3. The monoisotopic (exact) mass is 412 g/mol. The summed E-state index contributed by atoms with van der Waals surface area (Å²) in [6.45, 7) is 0.777. The first-order valence-corrected chi connectivity index (χ1v) is 10.4. The Morgan fingerprint density at radius 1 is 0.806 bits per heavy atom. The third-order valence-corrected chi connectivity index (χ3v) is 5.84. The van der Waals surface area contributed by atoms with Crippen LogP contribution < -0.4 is 4.90 Å². The van der Waals surface area contributed by atoms with Crippen LogP contribution in [0.25, 0.3) is 5.57 Å². The summed E-state index contributed by atoms with van der Waals surface area (Å²) in [5.74, 6) is -0.986. The molecule has 2 heterocycles. The molecule has 0 atom stereocenters. The lowest BCUT2D eigenvalue weighted by Crippen LogP contribution is -2.36. The van der Waals surface area contributed by atoms with E-state index in [1.54, 1.807) is 12.1 Å². The fraction of sp³-hybridized carbons (Fsp3) is 0.154. The molecule has 5 rings (SSSR count). The molecular weight excluding hydrogens is 391 g/mol. The quantitative estimate of drug-likeness (QED) is 0.590. The van der Waals surface area contributed by atoms with Gasteiger partial charge in [0.05, 0.1) is 12.1 Å². The van der Waals surface area contributed by atoms with Crippen molar-refractivity contribution in [1.29, 1.82) is 0 Å². The van der Waals surface area contributed by atoms with E-state index in [0.717, 1.165) is 24.1 Å². The highest BCUT2D eigenvalue weighted by molar-refractivity contribution is 6.36. The van der Waals surface area contributed by atoms with Crippen LogP contribution in [-0.4, -0.2) is 23.3 Å². The van der Waals surface area contributed by atoms with Crippen LogP contribution in [0.4, 0.5) is 10.1 Å². The normalized spacial score (nSPS) is 16.2. The van der Waals surface area contributed by atoms with Gasteiger partial charge in [-0.15, -0.1) is 0 Å². The van der Waals surface area contributed by atoms with E-state index in [9.17, 15) is 14.0 Å². The van der Waals surface area contributed by atoms with E-state index in [2.05, 4.69) is 6.07 Å². The fourth-order valence-electron chi connectivity index (χ4n) is 4.36. The number of anilines is 1. The van der Waals surface area contributed by atoms with Crippen molar-refractivity contribution in [2.75, 3.05) is 11.4 Å². The largest absolute Gasteiger partial charge is 0.336 e. The Kier molecular flexibility index (Phi) is 4.86. The molecule has 3 aromatic rings. The maximum Gasteiger partial charge on any atom is 0.278 e. The number of nitrogens with zero attached hydrogens (tertiary/aromatic N) is 2. The topological polar surface area (TPSA) is 40.6 Å². The Balaban J connectivity index is 1.60. The number of rotatable bonds is 4. The van der Waals surface area contributed by atoms with E-state index in [-0.39, 0.29) is 24.2 Å². The number of halogens is 1. The molecule has 2 amide bonds. The third kappa shape index (κ3) is 3.42. The van der Waals surface area contributed by atoms with Gasteiger partial charge in [0.2, 0.25) is 0 Å². The van der Waals surface area contributed by atoms with Crippen molar-refractivity contribution in [3.8, 4) is 0 Å². The number of amides is 2. The molecule has 31 heavy (non-hydrogen) atoms. The maximum atomic E-state index is 13.6. The number of carbonyl (C=O) groups is 2. The summed E-state index contributed by atoms with van der Waals surface area (Å²) in [4.78, 5) is 30.4. The van der Waals surface area contributed by atoms with Crippen molar-refractivity contribution < 1.29 is 14.0 Å². The molecule has 0 aliphatic carbocycles. The van der Waals surface area contributed by atoms with Crippen molar-refractivity contribution >= 4 is 23.1 Å². The zero-order valence-corrected chi connectivity index (χ0v) is 16.9. The van der Waals surface area contributed by atoms with Crippen LogP contribution in [0.5, 0.6) is 0 Å². The van der Waals surface area contributed by atoms with Gasteiger partial charge in [-0.25, -0.2) is 4.39 Å². The first-order chi connectivity index (χ1) is 15.1. The molecule has 0 fully saturated rings. The Morgan fingerprint density at radius 2 is 1.52 bits per heavy atom. The second kappa shape index (κ2) is 7.84. The molecule has 2 aliphatic rings. The van der Waals surface area contributed by atoms with Gasteiger partial charge in [0.25, 0.3) is 11.8 Å². The van der Waals surface area contributed by atoms with Gasteiger partial charge in [-0.1, -0.05) is 60.7 Å². The lowest BCUT2D eigenvalue weighted by atomic mass is 9.98. The van der Waals surface area contributed by atoms with Crippen LogP contribution in [0.15, 0.2) is 84.6 Å². The van der Waals surface area contributed by atoms with Crippen LogP contribution >= 0.6 is 0 Å². The lowest BCUT2D eigenvalue weighted by molar-refractivity contribution is -0.137. The number of para-hydroxylation sites is 1. The Hall–Kier alpha value is -3.73. The van der Waals surface area contributed by atoms with Crippen LogP contribution in [0, 0.1) is 5.82 Å². The molecule has 0 saturated carbocycles. The summed E-state index contributed by atoms with van der Waals surface area (Å²) in [5, 5.41) is 0. The van der Waals surface area contributed by atoms with E-state index in [1.807, 2.05) is 53.4 Å². The minimum Gasteiger partial charge on any atom is -0.336 e. The summed E-state index contributed by atoms with van der Waals surface area (Å²) < 4.78 is 13.3. The van der Waals surface area contributed by atoms with Crippen LogP contribution in [-0.2, 0) is 22.6 Å². The summed E-state index contributed by atoms with van der Waals surface area (Å²) in [5.41, 5.74) is 4.42. The number of fused-ring (bicyclic) bond motifs is 1. The van der Waals surface area contributed by atoms with Crippen LogP contribution in [0.1, 0.15) is 23.1 Å². The highest BCUT2D eigenvalue weighted by atomic mass is 19.1. The average molecular weight is 412 g/mol. The zero-order valence-electron chi connectivity index (χ0n) is 16.9. The number of hydrogen-bond donors (Lipinski definition) is 0. The van der Waals surface area contributed by atoms with Gasteiger partial charge in [0, 0.05) is 12.2 Å². The first-order valence-electron chi connectivity index (χ1n) is 10.4. The summed E-state index contributed by atoms with van der Waals surface area (Å²) in [6.07, 6.45) is 1.85. The third-order valence-electron chi connectivity index (χ3n) is 5.84. The molecule has 0 bridgehead atoms. The van der Waals surface area contributed by atoms with E-state index >= 15 is 0 Å². The maximum absolute atomic E-state index is 13.6. The van der Waals surface area contributed by atoms with Crippen LogP contribution in [0.3, 0.4) is 0 Å². The summed E-state index contributed by atoms with van der Waals surface area (Å²) >= 11 is 0. The average Bonchev–Trinajstić information content (AvgIpc) is 3.05. The SMILES string of the molecule is O=C1C(c2ccccc2)=C(N2CCCc3ccccc32)C(=O)N1Cc1ccc(F)cc1. The Bertz CT molecular complexity index is 1190. The van der Waals surface area contributed by atoms with E-state index in [4.69, 9.17) is 0 Å². The molecular formula is C26H21FN2O2. The predicted octanol–water partition coefficient (Wildman–Crippen LogP) is 4.56. The van der Waals surface area contributed by atoms with Gasteiger partial charge in [0.15, 0.2) is 0 Å². The van der Waals surface area contributed by atoms with Gasteiger partial charge in [-0.3, -0.25) is 14.5 Å². The second-order valence-electron chi connectivity index (χ2n) is 7.80. The second-order valence-corrected chi connectivity index (χ2v) is 7.80. The Morgan fingerprint density at radius 3 is 2.29 bits per heavy atom. The minimum absolute atomic E-state index is 0.104. The van der Waals surface area contributed by atoms with Crippen LogP contribution in [0.2, 0.25) is 0 Å². The van der Waals surface area contributed by atoms with Crippen molar-refractivity contribution in [1.82, 2.24) is 4.90 Å². The number of benzene rings is 3. The molecule has 5 heteroatoms. The molecule has 154 valence electrons. The highest BCUT2D eigenvalue weighted by Crippen LogP contribution is 2.38. The molecule has 4 nitrogen and oxygen atoms in total. The van der Waals surface area contributed by atoms with Gasteiger partial charge in [-0.2, -0.15) is 0 Å². The lowest BCUT2D eigenvalue weighted by Gasteiger charge is -2.32. The van der Waals surface area contributed by atoms with Gasteiger partial charge < -0.3 is 4.90 Å². The molecule has 0 unspecified atom stereocenters. The zero-order chi connectivity index (χ0) is 21.4. The smallest absolute Gasteiger partial charge is 0.278 e. The summed E-state index contributed by atoms with van der Waals surface area (Å²) in [6, 6.07) is 23.3. The standard InChI is InChI=1S/C26H21FN2O2/c27-21-14-12-18(13-15-21)17-29-25(30)23(20-8-2-1-3-9-20)24(26(29)31)28-16-6-10-19-7-4-5-11-22(19)28/h1-5,7-9,11-15H,6,10,16-17H2. The molecule has 0 aromatic heterocycles. The van der Waals surface area contributed by atoms with E-state index in [0.29, 0.717) is 23.4 Å². The highest BCUT2D eigenvalue weighted by Gasteiger charge is 2.42. The minimum atomic E-state index is -0.350. The molecule has 0 N–H and O–H groups in total. The van der Waals surface area contributed by atoms with Crippen molar-refractivity contribution in [3.05, 3.63) is 107 Å². The van der Waals surface area contributed by atoms with Gasteiger partial charge >= 0.3 is 0 Å². The number of carbonyl (C=O) groups excluding carboxylic acids is 2. The molecule has 0 saturated heterocycles. The molecule has 0 radical (unpaired) electrons. The molecule has 2 aliphatic heterocycles. The van der Waals surface area contributed by atoms with Crippen molar-refractivity contribution in [2.45, 2.75) is 19.4 Å². The van der Waals surface area contributed by atoms with Gasteiger partial charge in [-0.05, 0) is 47.7 Å². The summed E-state index contributed by atoms with van der Waals surface area (Å²) in [7, 11) is 0. The van der Waals surface area contributed by atoms with Crippen molar-refractivity contribution in [2.24, 2.45) is 0 Å². The predicted molar refractivity (Wildman–Crippen MR) is 117 cm³/mol. The van der Waals surface area contributed by atoms with Crippen molar-refractivity contribution in [3.63, 3.8) is 0 Å². The van der Waals surface area contributed by atoms with Gasteiger partial charge in [0.1, 0.15) is 11.5 Å². The first kappa shape index (κ1) is 19.2. The van der Waals surface area contributed by atoms with E-state index < -0.39 is 0 Å². The molecule has 0 spiro atoms. The Labute approximate surface area is 180 Å².